The summed E-state index contributed by atoms with van der Waals surface area (Å²) in [6.45, 7) is 0.911. The summed E-state index contributed by atoms with van der Waals surface area (Å²) in [5.41, 5.74) is 5.04. The maximum atomic E-state index is 14.6. The minimum absolute atomic E-state index is 0.118. The second-order valence-electron chi connectivity index (χ2n) is 11.9. The van der Waals surface area contributed by atoms with E-state index in [9.17, 15) is 22.8 Å². The van der Waals surface area contributed by atoms with Gasteiger partial charge in [0, 0.05) is 48.9 Å². The van der Waals surface area contributed by atoms with Gasteiger partial charge < -0.3 is 9.80 Å². The average molecular weight is 680 g/mol. The number of halogens is 4. The lowest BCUT2D eigenvalue weighted by atomic mass is 9.97. The summed E-state index contributed by atoms with van der Waals surface area (Å²) >= 11 is 6.55. The Kier molecular flexibility index (Phi) is 10.3. The molecule has 0 saturated heterocycles. The Morgan fingerprint density at radius 2 is 1.59 bits per heavy atom. The molecule has 1 atom stereocenters. The Morgan fingerprint density at radius 3 is 2.29 bits per heavy atom. The molecule has 5 aromatic rings. The van der Waals surface area contributed by atoms with Crippen molar-refractivity contribution in [3.05, 3.63) is 166 Å². The Balaban J connectivity index is 1.34. The molecule has 49 heavy (non-hydrogen) atoms. The molecule has 0 N–H and O–H groups in total. The minimum Gasteiger partial charge on any atom is -0.336 e. The van der Waals surface area contributed by atoms with Gasteiger partial charge in [0.05, 0.1) is 11.3 Å². The summed E-state index contributed by atoms with van der Waals surface area (Å²) in [6.07, 6.45) is 0.941. The van der Waals surface area contributed by atoms with Crippen LogP contribution in [-0.2, 0) is 41.7 Å². The van der Waals surface area contributed by atoms with Gasteiger partial charge in [0.1, 0.15) is 6.04 Å². The van der Waals surface area contributed by atoms with Gasteiger partial charge in [-0.1, -0.05) is 96.5 Å². The number of carbonyl (C=O) groups is 2. The maximum Gasteiger partial charge on any atom is 0.416 e. The molecule has 1 aliphatic heterocycles. The molecule has 1 aromatic heterocycles. The molecule has 0 bridgehead atoms. The van der Waals surface area contributed by atoms with Crippen molar-refractivity contribution in [2.45, 2.75) is 38.1 Å². The molecular formula is C40H33ClF3N3O2. The van der Waals surface area contributed by atoms with E-state index in [1.54, 1.807) is 16.0 Å². The normalized spacial score (nSPS) is 13.6. The van der Waals surface area contributed by atoms with E-state index >= 15 is 0 Å². The van der Waals surface area contributed by atoms with Gasteiger partial charge in [-0.15, -0.1) is 0 Å². The van der Waals surface area contributed by atoms with Gasteiger partial charge in [-0.3, -0.25) is 14.6 Å². The number of amides is 2. The highest BCUT2D eigenvalue weighted by atomic mass is 35.5. The predicted molar refractivity (Wildman–Crippen MR) is 185 cm³/mol. The van der Waals surface area contributed by atoms with E-state index in [2.05, 4.69) is 4.98 Å². The second kappa shape index (κ2) is 14.9. The highest BCUT2D eigenvalue weighted by Gasteiger charge is 2.34. The molecule has 5 nitrogen and oxygen atoms in total. The van der Waals surface area contributed by atoms with Gasteiger partial charge in [-0.05, 0) is 70.6 Å². The highest BCUT2D eigenvalue weighted by Crippen LogP contribution is 2.30. The SMILES string of the molecule is O=C(C(Cc1ccccc1)N(Cc1ccc(-c2ccccn2)cc1)C(=O)C=Cc1ccc(C(F)(F)F)cc1)N1CCc2cccc(Cl)c2C1. The first kappa shape index (κ1) is 33.7. The van der Waals surface area contributed by atoms with Crippen molar-refractivity contribution in [2.75, 3.05) is 6.54 Å². The number of aromatic nitrogens is 1. The van der Waals surface area contributed by atoms with E-state index in [1.807, 2.05) is 91.0 Å². The van der Waals surface area contributed by atoms with Gasteiger partial charge in [0.2, 0.25) is 11.8 Å². The standard InChI is InChI=1S/C40H33ClF3N3O2/c41-35-10-6-9-31-22-24-46(27-34(31)35)39(49)37(25-29-7-2-1-3-8-29)47(26-30-12-17-32(18-13-30)36-11-4-5-23-45-36)38(48)21-16-28-14-19-33(20-15-28)40(42,43)44/h1-21,23,37H,22,24-27H2. The number of rotatable bonds is 9. The molecule has 1 unspecified atom stereocenters. The van der Waals surface area contributed by atoms with Crippen LogP contribution in [0.2, 0.25) is 5.02 Å². The predicted octanol–water partition coefficient (Wildman–Crippen LogP) is 8.66. The zero-order valence-electron chi connectivity index (χ0n) is 26.5. The average Bonchev–Trinajstić information content (AvgIpc) is 3.12. The third-order valence-corrected chi connectivity index (χ3v) is 9.02. The lowest BCUT2D eigenvalue weighted by Crippen LogP contribution is -2.52. The van der Waals surface area contributed by atoms with Crippen molar-refractivity contribution in [1.29, 1.82) is 0 Å². The lowest BCUT2D eigenvalue weighted by Gasteiger charge is -2.37. The molecule has 0 saturated carbocycles. The number of benzene rings is 4. The molecule has 0 aliphatic carbocycles. The summed E-state index contributed by atoms with van der Waals surface area (Å²) < 4.78 is 39.4. The van der Waals surface area contributed by atoms with E-state index in [4.69, 9.17) is 11.6 Å². The van der Waals surface area contributed by atoms with Gasteiger partial charge in [0.15, 0.2) is 0 Å². The third kappa shape index (κ3) is 8.27. The number of pyridine rings is 1. The van der Waals surface area contributed by atoms with E-state index < -0.39 is 23.7 Å². The van der Waals surface area contributed by atoms with Gasteiger partial charge in [-0.25, -0.2) is 0 Å². The number of alkyl halides is 3. The topological polar surface area (TPSA) is 53.5 Å². The Morgan fingerprint density at radius 1 is 0.857 bits per heavy atom. The molecule has 0 radical (unpaired) electrons. The Hall–Kier alpha value is -5.21. The largest absolute Gasteiger partial charge is 0.416 e. The van der Waals surface area contributed by atoms with Crippen LogP contribution in [0.15, 0.2) is 128 Å². The van der Waals surface area contributed by atoms with Crippen molar-refractivity contribution in [1.82, 2.24) is 14.8 Å². The van der Waals surface area contributed by atoms with Crippen LogP contribution in [-0.4, -0.2) is 39.2 Å². The molecule has 4 aromatic carbocycles. The molecule has 6 rings (SSSR count). The minimum atomic E-state index is -4.47. The first-order chi connectivity index (χ1) is 23.7. The molecule has 0 spiro atoms. The van der Waals surface area contributed by atoms with Crippen molar-refractivity contribution >= 4 is 29.5 Å². The molecule has 2 amide bonds. The summed E-state index contributed by atoms with van der Waals surface area (Å²) in [5, 5.41) is 0.593. The van der Waals surface area contributed by atoms with Crippen LogP contribution in [0.4, 0.5) is 13.2 Å². The number of fused-ring (bicyclic) bond motifs is 1. The fraction of sp³-hybridized carbons (Fsp3) is 0.175. The van der Waals surface area contributed by atoms with Crippen molar-refractivity contribution in [2.24, 2.45) is 0 Å². The van der Waals surface area contributed by atoms with Crippen LogP contribution in [0.25, 0.3) is 17.3 Å². The van der Waals surface area contributed by atoms with Gasteiger partial charge >= 0.3 is 6.18 Å². The van der Waals surface area contributed by atoms with Crippen LogP contribution >= 0.6 is 11.6 Å². The summed E-state index contributed by atoms with van der Waals surface area (Å²) in [4.78, 5) is 36.4. The van der Waals surface area contributed by atoms with E-state index in [1.165, 1.54) is 24.3 Å². The van der Waals surface area contributed by atoms with Gasteiger partial charge in [-0.2, -0.15) is 13.2 Å². The summed E-state index contributed by atoms with van der Waals surface area (Å²) in [7, 11) is 0. The smallest absolute Gasteiger partial charge is 0.336 e. The Labute approximate surface area is 288 Å². The molecular weight excluding hydrogens is 647 g/mol. The molecule has 2 heterocycles. The number of carbonyl (C=O) groups excluding carboxylic acids is 2. The first-order valence-corrected chi connectivity index (χ1v) is 16.3. The van der Waals surface area contributed by atoms with Crippen LogP contribution in [0.3, 0.4) is 0 Å². The number of nitrogens with zero attached hydrogens (tertiary/aromatic N) is 3. The van der Waals surface area contributed by atoms with Crippen molar-refractivity contribution in [3.63, 3.8) is 0 Å². The monoisotopic (exact) mass is 679 g/mol. The first-order valence-electron chi connectivity index (χ1n) is 15.9. The molecule has 0 fully saturated rings. The maximum absolute atomic E-state index is 14.6. The molecule has 9 heteroatoms. The summed E-state index contributed by atoms with van der Waals surface area (Å²) in [5.74, 6) is -0.658. The van der Waals surface area contributed by atoms with Crippen LogP contribution in [0.1, 0.15) is 33.4 Å². The summed E-state index contributed by atoms with van der Waals surface area (Å²) in [6, 6.07) is 32.3. The van der Waals surface area contributed by atoms with Crippen molar-refractivity contribution in [3.8, 4) is 11.3 Å². The van der Waals surface area contributed by atoms with Crippen LogP contribution in [0.5, 0.6) is 0 Å². The third-order valence-electron chi connectivity index (χ3n) is 8.67. The molecule has 1 aliphatic rings. The quantitative estimate of drug-likeness (QED) is 0.147. The fourth-order valence-corrected chi connectivity index (χ4v) is 6.26. The van der Waals surface area contributed by atoms with E-state index in [0.29, 0.717) is 30.1 Å². The highest BCUT2D eigenvalue weighted by molar-refractivity contribution is 6.31. The van der Waals surface area contributed by atoms with Crippen LogP contribution < -0.4 is 0 Å². The lowest BCUT2D eigenvalue weighted by molar-refractivity contribution is -0.144. The zero-order chi connectivity index (χ0) is 34.4. The van der Waals surface area contributed by atoms with Crippen LogP contribution in [0, 0.1) is 0 Å². The van der Waals surface area contributed by atoms with E-state index in [-0.39, 0.29) is 18.9 Å². The number of hydrogen-bond acceptors (Lipinski definition) is 3. The van der Waals surface area contributed by atoms with E-state index in [0.717, 1.165) is 45.6 Å². The van der Waals surface area contributed by atoms with Crippen molar-refractivity contribution < 1.29 is 22.8 Å². The Bertz CT molecular complexity index is 1930. The second-order valence-corrected chi connectivity index (χ2v) is 12.3. The molecule has 248 valence electrons. The zero-order valence-corrected chi connectivity index (χ0v) is 27.2. The number of hydrogen-bond donors (Lipinski definition) is 0. The fourth-order valence-electron chi connectivity index (χ4n) is 6.01. The van der Waals surface area contributed by atoms with Gasteiger partial charge in [0.25, 0.3) is 0 Å².